The molecule has 0 aromatic carbocycles. The van der Waals surface area contributed by atoms with Gasteiger partial charge in [-0.05, 0) is 30.7 Å². The Bertz CT molecular complexity index is 959. The number of thioether (sulfide) groups is 1. The molecule has 0 fully saturated rings. The fourth-order valence-corrected chi connectivity index (χ4v) is 3.43. The number of carboxylic acid groups (broad SMARTS) is 2. The van der Waals surface area contributed by atoms with Crippen molar-refractivity contribution in [3.63, 3.8) is 0 Å². The maximum absolute atomic E-state index is 12.4. The van der Waals surface area contributed by atoms with Gasteiger partial charge in [0.05, 0.1) is 11.4 Å². The minimum absolute atomic E-state index is 0.102. The molecule has 0 bridgehead atoms. The van der Waals surface area contributed by atoms with Gasteiger partial charge in [0, 0.05) is 29.5 Å². The topological polar surface area (TPSA) is 185 Å². The number of aromatic nitrogens is 2. The smallest absolute Gasteiger partial charge is 0.322 e. The van der Waals surface area contributed by atoms with Crippen molar-refractivity contribution in [2.45, 2.75) is 29.8 Å². The summed E-state index contributed by atoms with van der Waals surface area (Å²) in [5, 5.41) is 22.3. The molecule has 0 aliphatic heterocycles. The molecule has 0 aliphatic carbocycles. The largest absolute Gasteiger partial charge is 0.480 e. The summed E-state index contributed by atoms with van der Waals surface area (Å²) in [5.74, 6) is -3.59. The summed E-state index contributed by atoms with van der Waals surface area (Å²) in [5.41, 5.74) is 6.70. The molecule has 2 heterocycles. The Balaban J connectivity index is 2.04. The van der Waals surface area contributed by atoms with E-state index in [4.69, 9.17) is 15.9 Å². The highest BCUT2D eigenvalue weighted by Gasteiger charge is 2.23. The van der Waals surface area contributed by atoms with Crippen molar-refractivity contribution in [1.82, 2.24) is 20.6 Å². The summed E-state index contributed by atoms with van der Waals surface area (Å²) in [7, 11) is 0. The summed E-state index contributed by atoms with van der Waals surface area (Å²) in [4.78, 5) is 55.4. The van der Waals surface area contributed by atoms with Crippen LogP contribution in [0.2, 0.25) is 0 Å². The molecule has 170 valence electrons. The van der Waals surface area contributed by atoms with Crippen molar-refractivity contribution in [1.29, 1.82) is 0 Å². The Morgan fingerprint density at radius 3 is 2.47 bits per heavy atom. The number of carboxylic acids is 2. The van der Waals surface area contributed by atoms with E-state index in [0.29, 0.717) is 11.4 Å². The van der Waals surface area contributed by atoms with Crippen LogP contribution in [0.1, 0.15) is 12.8 Å². The van der Waals surface area contributed by atoms with Crippen molar-refractivity contribution in [2.24, 2.45) is 5.73 Å². The SMILES string of the molecule is NC(CCC(=O)NC(CSc1ccnc(-c2ccccn2)c1)C(=O)NCC(=O)O)C(=O)O. The molecule has 0 aliphatic rings. The normalized spacial score (nSPS) is 12.4. The molecule has 2 atom stereocenters. The molecule has 2 aromatic heterocycles. The highest BCUT2D eigenvalue weighted by Crippen LogP contribution is 2.23. The number of aliphatic carboxylic acids is 2. The molecular weight excluding hydrogens is 438 g/mol. The molecule has 6 N–H and O–H groups in total. The van der Waals surface area contributed by atoms with Crippen LogP contribution in [0.15, 0.2) is 47.6 Å². The lowest BCUT2D eigenvalue weighted by Crippen LogP contribution is -2.49. The quantitative estimate of drug-likeness (QED) is 0.272. The fraction of sp³-hybridized carbons (Fsp3) is 0.300. The Kier molecular flexibility index (Phi) is 9.57. The van der Waals surface area contributed by atoms with Crippen molar-refractivity contribution < 1.29 is 29.4 Å². The highest BCUT2D eigenvalue weighted by atomic mass is 32.2. The maximum atomic E-state index is 12.4. The number of nitrogens with one attached hydrogen (secondary N) is 2. The minimum Gasteiger partial charge on any atom is -0.480 e. The van der Waals surface area contributed by atoms with Crippen LogP contribution in [-0.2, 0) is 19.2 Å². The number of rotatable bonds is 12. The zero-order valence-corrected chi connectivity index (χ0v) is 17.7. The minimum atomic E-state index is -1.23. The van der Waals surface area contributed by atoms with E-state index >= 15 is 0 Å². The second-order valence-electron chi connectivity index (χ2n) is 6.62. The van der Waals surface area contributed by atoms with E-state index in [9.17, 15) is 19.2 Å². The first kappa shape index (κ1) is 24.8. The average Bonchev–Trinajstić information content (AvgIpc) is 2.79. The molecule has 0 saturated heterocycles. The zero-order valence-electron chi connectivity index (χ0n) is 16.9. The second-order valence-corrected chi connectivity index (χ2v) is 7.71. The Labute approximate surface area is 187 Å². The molecule has 0 spiro atoms. The van der Waals surface area contributed by atoms with Gasteiger partial charge in [0.2, 0.25) is 11.8 Å². The van der Waals surface area contributed by atoms with E-state index in [0.717, 1.165) is 4.90 Å². The van der Waals surface area contributed by atoms with Crippen molar-refractivity contribution >= 4 is 35.5 Å². The summed E-state index contributed by atoms with van der Waals surface area (Å²) >= 11 is 1.26. The maximum Gasteiger partial charge on any atom is 0.322 e. The lowest BCUT2D eigenvalue weighted by Gasteiger charge is -2.18. The van der Waals surface area contributed by atoms with Gasteiger partial charge < -0.3 is 26.6 Å². The second kappa shape index (κ2) is 12.4. The van der Waals surface area contributed by atoms with E-state index in [1.807, 2.05) is 6.07 Å². The Morgan fingerprint density at radius 2 is 1.81 bits per heavy atom. The molecule has 11 nitrogen and oxygen atoms in total. The van der Waals surface area contributed by atoms with Gasteiger partial charge in [-0.3, -0.25) is 29.1 Å². The number of nitrogens with zero attached hydrogens (tertiary/aromatic N) is 2. The van der Waals surface area contributed by atoms with Gasteiger partial charge in [-0.15, -0.1) is 11.8 Å². The summed E-state index contributed by atoms with van der Waals surface area (Å²) < 4.78 is 0. The predicted octanol–water partition coefficient (Wildman–Crippen LogP) is 0.113. The molecule has 2 unspecified atom stereocenters. The van der Waals surface area contributed by atoms with Crippen LogP contribution in [0.25, 0.3) is 11.4 Å². The molecule has 0 saturated carbocycles. The molecule has 2 aromatic rings. The van der Waals surface area contributed by atoms with Crippen LogP contribution in [0.4, 0.5) is 0 Å². The number of hydrogen-bond acceptors (Lipinski definition) is 8. The number of carbonyl (C=O) groups is 4. The van der Waals surface area contributed by atoms with Crippen LogP contribution >= 0.6 is 11.8 Å². The third-order valence-electron chi connectivity index (χ3n) is 4.14. The van der Waals surface area contributed by atoms with Gasteiger partial charge in [0.1, 0.15) is 18.6 Å². The molecule has 32 heavy (non-hydrogen) atoms. The molecule has 0 radical (unpaired) electrons. The average molecular weight is 462 g/mol. The number of carbonyl (C=O) groups excluding carboxylic acids is 2. The number of nitrogens with two attached hydrogens (primary N) is 1. The van der Waals surface area contributed by atoms with E-state index < -0.39 is 42.4 Å². The standard InChI is InChI=1S/C20H23N5O6S/c21-13(20(30)31)4-5-17(26)25-16(19(29)24-10-18(27)28)11-32-12-6-8-23-15(9-12)14-3-1-2-7-22-14/h1-3,6-9,13,16H,4-5,10-11,21H2,(H,24,29)(H,25,26)(H,27,28)(H,30,31). The molecule has 2 rings (SSSR count). The zero-order chi connectivity index (χ0) is 23.5. The first-order valence-electron chi connectivity index (χ1n) is 9.53. The van der Waals surface area contributed by atoms with Crippen molar-refractivity contribution in [3.8, 4) is 11.4 Å². The van der Waals surface area contributed by atoms with Crippen LogP contribution in [-0.4, -0.2) is 68.3 Å². The monoisotopic (exact) mass is 461 g/mol. The fourth-order valence-electron chi connectivity index (χ4n) is 2.48. The lowest BCUT2D eigenvalue weighted by molar-refractivity contribution is -0.139. The van der Waals surface area contributed by atoms with Crippen molar-refractivity contribution in [3.05, 3.63) is 42.7 Å². The van der Waals surface area contributed by atoms with Crippen LogP contribution in [0, 0.1) is 0 Å². The highest BCUT2D eigenvalue weighted by molar-refractivity contribution is 7.99. The van der Waals surface area contributed by atoms with Crippen LogP contribution < -0.4 is 16.4 Å². The van der Waals surface area contributed by atoms with Crippen LogP contribution in [0.3, 0.4) is 0 Å². The Morgan fingerprint density at radius 1 is 1.06 bits per heavy atom. The summed E-state index contributed by atoms with van der Waals surface area (Å²) in [6, 6.07) is 6.70. The lowest BCUT2D eigenvalue weighted by atomic mass is 10.1. The van der Waals surface area contributed by atoms with Gasteiger partial charge >= 0.3 is 11.9 Å². The van der Waals surface area contributed by atoms with E-state index in [1.165, 1.54) is 11.8 Å². The molecule has 2 amide bonds. The Hall–Kier alpha value is -3.51. The predicted molar refractivity (Wildman–Crippen MR) is 116 cm³/mol. The first-order chi connectivity index (χ1) is 15.3. The summed E-state index contributed by atoms with van der Waals surface area (Å²) in [6.07, 6.45) is 2.94. The third kappa shape index (κ3) is 8.32. The van der Waals surface area contributed by atoms with Gasteiger partial charge in [0.25, 0.3) is 0 Å². The third-order valence-corrected chi connectivity index (χ3v) is 5.23. The van der Waals surface area contributed by atoms with E-state index in [1.54, 1.807) is 36.7 Å². The van der Waals surface area contributed by atoms with Crippen molar-refractivity contribution in [2.75, 3.05) is 12.3 Å². The number of pyridine rings is 2. The molecule has 12 heteroatoms. The summed E-state index contributed by atoms with van der Waals surface area (Å²) in [6.45, 7) is -0.598. The van der Waals surface area contributed by atoms with Gasteiger partial charge in [-0.25, -0.2) is 0 Å². The van der Waals surface area contributed by atoms with E-state index in [-0.39, 0.29) is 18.6 Å². The van der Waals surface area contributed by atoms with Gasteiger partial charge in [-0.2, -0.15) is 0 Å². The van der Waals surface area contributed by atoms with Gasteiger partial charge in [-0.1, -0.05) is 6.07 Å². The first-order valence-corrected chi connectivity index (χ1v) is 10.5. The van der Waals surface area contributed by atoms with E-state index in [2.05, 4.69) is 20.6 Å². The molecular formula is C20H23N5O6S. The van der Waals surface area contributed by atoms with Gasteiger partial charge in [0.15, 0.2) is 0 Å². The number of amides is 2. The number of hydrogen-bond donors (Lipinski definition) is 5. The van der Waals surface area contributed by atoms with Crippen LogP contribution in [0.5, 0.6) is 0 Å².